The summed E-state index contributed by atoms with van der Waals surface area (Å²) in [6, 6.07) is 8.85. The van der Waals surface area contributed by atoms with Gasteiger partial charge in [0.05, 0.1) is 6.54 Å². The molecule has 98 valence electrons. The highest BCUT2D eigenvalue weighted by Crippen LogP contribution is 2.14. The molecule has 0 radical (unpaired) electrons. The van der Waals surface area contributed by atoms with E-state index >= 15 is 0 Å². The van der Waals surface area contributed by atoms with Crippen LogP contribution in [-0.4, -0.2) is 41.7 Å². The van der Waals surface area contributed by atoms with E-state index in [-0.39, 0.29) is 6.54 Å². The summed E-state index contributed by atoms with van der Waals surface area (Å²) in [5.41, 5.74) is 2.61. The second-order valence-electron chi connectivity index (χ2n) is 4.98. The number of likely N-dealkylation sites (tertiary alicyclic amines) is 1. The van der Waals surface area contributed by atoms with Gasteiger partial charge in [-0.1, -0.05) is 29.8 Å². The first-order chi connectivity index (χ1) is 8.63. The van der Waals surface area contributed by atoms with Gasteiger partial charge in [0.25, 0.3) is 0 Å². The van der Waals surface area contributed by atoms with Crippen LogP contribution >= 0.6 is 0 Å². The lowest BCUT2D eigenvalue weighted by molar-refractivity contribution is -0.136. The van der Waals surface area contributed by atoms with E-state index in [1.54, 1.807) is 0 Å². The fraction of sp³-hybridized carbons (Fsp3) is 0.500. The number of nitrogens with one attached hydrogen (secondary N) is 1. The van der Waals surface area contributed by atoms with Gasteiger partial charge in [0, 0.05) is 25.7 Å². The van der Waals surface area contributed by atoms with Crippen LogP contribution in [0.2, 0.25) is 0 Å². The fourth-order valence-electron chi connectivity index (χ4n) is 2.44. The van der Waals surface area contributed by atoms with Crippen molar-refractivity contribution in [3.8, 4) is 0 Å². The molecule has 0 aliphatic carbocycles. The summed E-state index contributed by atoms with van der Waals surface area (Å²) in [7, 11) is 0. The van der Waals surface area contributed by atoms with E-state index in [0.29, 0.717) is 6.04 Å². The molecule has 1 aromatic rings. The van der Waals surface area contributed by atoms with Gasteiger partial charge in [-0.25, -0.2) is 0 Å². The van der Waals surface area contributed by atoms with Crippen molar-refractivity contribution >= 4 is 5.97 Å². The quantitative estimate of drug-likeness (QED) is 0.823. The molecule has 0 aromatic heterocycles. The molecule has 0 bridgehead atoms. The van der Waals surface area contributed by atoms with E-state index < -0.39 is 5.97 Å². The van der Waals surface area contributed by atoms with Crippen LogP contribution in [0.3, 0.4) is 0 Å². The van der Waals surface area contributed by atoms with Crippen molar-refractivity contribution < 1.29 is 9.90 Å². The van der Waals surface area contributed by atoms with Crippen LogP contribution in [0, 0.1) is 6.92 Å². The SMILES string of the molecule is Cc1cccc(CN2CCC(NCC(=O)O)C2)c1. The Bertz CT molecular complexity index is 420. The molecule has 1 saturated heterocycles. The van der Waals surface area contributed by atoms with Crippen LogP contribution in [0.4, 0.5) is 0 Å². The maximum atomic E-state index is 10.5. The third-order valence-corrected chi connectivity index (χ3v) is 3.30. The maximum absolute atomic E-state index is 10.5. The lowest BCUT2D eigenvalue weighted by Crippen LogP contribution is -2.35. The molecule has 0 spiro atoms. The van der Waals surface area contributed by atoms with Gasteiger partial charge in [-0.2, -0.15) is 0 Å². The van der Waals surface area contributed by atoms with Crippen molar-refractivity contribution in [3.63, 3.8) is 0 Å². The van der Waals surface area contributed by atoms with Gasteiger partial charge in [0.1, 0.15) is 0 Å². The van der Waals surface area contributed by atoms with Gasteiger partial charge in [-0.05, 0) is 18.9 Å². The van der Waals surface area contributed by atoms with E-state index in [1.807, 2.05) is 0 Å². The summed E-state index contributed by atoms with van der Waals surface area (Å²) in [6.07, 6.45) is 1.03. The number of rotatable bonds is 5. The summed E-state index contributed by atoms with van der Waals surface area (Å²) in [5.74, 6) is -0.785. The summed E-state index contributed by atoms with van der Waals surface area (Å²) < 4.78 is 0. The first-order valence-corrected chi connectivity index (χ1v) is 6.36. The van der Waals surface area contributed by atoms with E-state index in [9.17, 15) is 4.79 Å². The Kier molecular flexibility index (Phi) is 4.33. The predicted molar refractivity (Wildman–Crippen MR) is 70.5 cm³/mol. The summed E-state index contributed by atoms with van der Waals surface area (Å²) in [6.45, 7) is 5.08. The minimum Gasteiger partial charge on any atom is -0.480 e. The molecule has 1 aliphatic rings. The number of benzene rings is 1. The third-order valence-electron chi connectivity index (χ3n) is 3.30. The number of nitrogens with zero attached hydrogens (tertiary/aromatic N) is 1. The standard InChI is InChI=1S/C14H20N2O2/c1-11-3-2-4-12(7-11)9-16-6-5-13(10-16)15-8-14(17)18/h2-4,7,13,15H,5-6,8-10H2,1H3,(H,17,18). The smallest absolute Gasteiger partial charge is 0.317 e. The molecule has 4 nitrogen and oxygen atoms in total. The van der Waals surface area contributed by atoms with Crippen LogP contribution in [-0.2, 0) is 11.3 Å². The van der Waals surface area contributed by atoms with Crippen molar-refractivity contribution in [2.45, 2.75) is 25.9 Å². The van der Waals surface area contributed by atoms with Gasteiger partial charge >= 0.3 is 5.97 Å². The van der Waals surface area contributed by atoms with Gasteiger partial charge in [-0.15, -0.1) is 0 Å². The molecule has 1 aliphatic heterocycles. The number of hydrogen-bond donors (Lipinski definition) is 2. The zero-order valence-corrected chi connectivity index (χ0v) is 10.7. The van der Waals surface area contributed by atoms with Gasteiger partial charge < -0.3 is 10.4 Å². The highest BCUT2D eigenvalue weighted by Gasteiger charge is 2.22. The van der Waals surface area contributed by atoms with Gasteiger partial charge in [-0.3, -0.25) is 9.69 Å². The average Bonchev–Trinajstić information content (AvgIpc) is 2.74. The molecule has 1 aromatic carbocycles. The van der Waals surface area contributed by atoms with E-state index in [2.05, 4.69) is 41.4 Å². The number of hydrogen-bond acceptors (Lipinski definition) is 3. The molecule has 2 rings (SSSR count). The first kappa shape index (κ1) is 13.1. The fourth-order valence-corrected chi connectivity index (χ4v) is 2.44. The molecule has 0 amide bonds. The number of aliphatic carboxylic acids is 1. The molecule has 1 unspecified atom stereocenters. The molecular weight excluding hydrogens is 228 g/mol. The topological polar surface area (TPSA) is 52.6 Å². The van der Waals surface area contributed by atoms with Crippen LogP contribution in [0.25, 0.3) is 0 Å². The predicted octanol–water partition coefficient (Wildman–Crippen LogP) is 1.24. The van der Waals surface area contributed by atoms with Gasteiger partial charge in [0.2, 0.25) is 0 Å². The van der Waals surface area contributed by atoms with Crippen molar-refractivity contribution in [3.05, 3.63) is 35.4 Å². The van der Waals surface area contributed by atoms with Crippen molar-refractivity contribution in [2.75, 3.05) is 19.6 Å². The number of carboxylic acids is 1. The summed E-state index contributed by atoms with van der Waals surface area (Å²) >= 11 is 0. The Hall–Kier alpha value is -1.39. The second kappa shape index (κ2) is 5.98. The van der Waals surface area contributed by atoms with Crippen LogP contribution < -0.4 is 5.32 Å². The number of carboxylic acid groups (broad SMARTS) is 1. The second-order valence-corrected chi connectivity index (χ2v) is 4.98. The largest absolute Gasteiger partial charge is 0.480 e. The number of aryl methyl sites for hydroxylation is 1. The van der Waals surface area contributed by atoms with Crippen LogP contribution in [0.1, 0.15) is 17.5 Å². The molecule has 2 N–H and O–H groups in total. The maximum Gasteiger partial charge on any atom is 0.317 e. The summed E-state index contributed by atoms with van der Waals surface area (Å²) in [4.78, 5) is 12.9. The molecule has 1 atom stereocenters. The Morgan fingerprint density at radius 1 is 1.56 bits per heavy atom. The van der Waals surface area contributed by atoms with E-state index in [0.717, 1.165) is 26.1 Å². The molecule has 18 heavy (non-hydrogen) atoms. The van der Waals surface area contributed by atoms with E-state index in [1.165, 1.54) is 11.1 Å². The van der Waals surface area contributed by atoms with Crippen LogP contribution in [0.15, 0.2) is 24.3 Å². The first-order valence-electron chi connectivity index (χ1n) is 6.36. The Labute approximate surface area is 108 Å². The highest BCUT2D eigenvalue weighted by molar-refractivity contribution is 5.69. The minimum absolute atomic E-state index is 0.0585. The summed E-state index contributed by atoms with van der Waals surface area (Å²) in [5, 5.41) is 11.7. The third kappa shape index (κ3) is 3.82. The highest BCUT2D eigenvalue weighted by atomic mass is 16.4. The van der Waals surface area contributed by atoms with Crippen LogP contribution in [0.5, 0.6) is 0 Å². The van der Waals surface area contributed by atoms with Crippen molar-refractivity contribution in [2.24, 2.45) is 0 Å². The van der Waals surface area contributed by atoms with Gasteiger partial charge in [0.15, 0.2) is 0 Å². The minimum atomic E-state index is -0.785. The lowest BCUT2D eigenvalue weighted by atomic mass is 10.1. The Balaban J connectivity index is 1.80. The zero-order chi connectivity index (χ0) is 13.0. The van der Waals surface area contributed by atoms with Crippen molar-refractivity contribution in [1.29, 1.82) is 0 Å². The lowest BCUT2D eigenvalue weighted by Gasteiger charge is -2.16. The average molecular weight is 248 g/mol. The molecule has 1 heterocycles. The Morgan fingerprint density at radius 3 is 3.11 bits per heavy atom. The monoisotopic (exact) mass is 248 g/mol. The molecule has 4 heteroatoms. The molecule has 0 saturated carbocycles. The Morgan fingerprint density at radius 2 is 2.39 bits per heavy atom. The normalized spacial score (nSPS) is 20.2. The van der Waals surface area contributed by atoms with Crippen molar-refractivity contribution in [1.82, 2.24) is 10.2 Å². The number of carbonyl (C=O) groups is 1. The molecular formula is C14H20N2O2. The molecule has 1 fully saturated rings. The zero-order valence-electron chi connectivity index (χ0n) is 10.7. The van der Waals surface area contributed by atoms with E-state index in [4.69, 9.17) is 5.11 Å².